The van der Waals surface area contributed by atoms with Crippen molar-refractivity contribution in [2.24, 2.45) is 0 Å². The van der Waals surface area contributed by atoms with Gasteiger partial charge < -0.3 is 4.90 Å². The number of carbonyl (C=O) groups excluding carboxylic acids is 1. The first-order valence-corrected chi connectivity index (χ1v) is 6.14. The predicted molar refractivity (Wildman–Crippen MR) is 70.3 cm³/mol. The standard InChI is InChI=1S/C14H15N3O/c1-2-7-17(12-5-6-12)14(18)10-3-4-11-9-15-16-13(11)8-10/h2-4,8-9,12H,1,5-7H2,(H,15,16). The fraction of sp³-hybridized carbons (Fsp3) is 0.286. The van der Waals surface area contributed by atoms with Gasteiger partial charge in [-0.2, -0.15) is 5.10 Å². The lowest BCUT2D eigenvalue weighted by atomic mass is 10.1. The van der Waals surface area contributed by atoms with Crippen molar-refractivity contribution in [3.8, 4) is 0 Å². The van der Waals surface area contributed by atoms with Gasteiger partial charge in [-0.1, -0.05) is 12.1 Å². The molecule has 92 valence electrons. The van der Waals surface area contributed by atoms with Gasteiger partial charge in [-0.25, -0.2) is 0 Å². The predicted octanol–water partition coefficient (Wildman–Crippen LogP) is 2.35. The maximum Gasteiger partial charge on any atom is 0.254 e. The number of aromatic amines is 1. The van der Waals surface area contributed by atoms with Crippen molar-refractivity contribution < 1.29 is 4.79 Å². The lowest BCUT2D eigenvalue weighted by molar-refractivity contribution is 0.0763. The Morgan fingerprint density at radius 1 is 1.56 bits per heavy atom. The third kappa shape index (κ3) is 1.90. The molecule has 2 aromatic rings. The lowest BCUT2D eigenvalue weighted by Crippen LogP contribution is -2.33. The number of benzene rings is 1. The van der Waals surface area contributed by atoms with Crippen LogP contribution in [0.5, 0.6) is 0 Å². The number of aromatic nitrogens is 2. The van der Waals surface area contributed by atoms with Gasteiger partial charge in [0.15, 0.2) is 0 Å². The van der Waals surface area contributed by atoms with E-state index in [0.29, 0.717) is 18.2 Å². The molecule has 0 aliphatic heterocycles. The third-order valence-corrected chi connectivity index (χ3v) is 3.26. The number of rotatable bonds is 4. The van der Waals surface area contributed by atoms with Crippen LogP contribution in [0.2, 0.25) is 0 Å². The highest BCUT2D eigenvalue weighted by molar-refractivity contribution is 5.98. The molecule has 1 aromatic heterocycles. The highest BCUT2D eigenvalue weighted by Gasteiger charge is 2.32. The van der Waals surface area contributed by atoms with Gasteiger partial charge in [0, 0.05) is 23.5 Å². The van der Waals surface area contributed by atoms with Gasteiger partial charge in [-0.05, 0) is 25.0 Å². The van der Waals surface area contributed by atoms with Crippen LogP contribution >= 0.6 is 0 Å². The topological polar surface area (TPSA) is 49.0 Å². The largest absolute Gasteiger partial charge is 0.332 e. The summed E-state index contributed by atoms with van der Waals surface area (Å²) in [7, 11) is 0. The quantitative estimate of drug-likeness (QED) is 0.835. The summed E-state index contributed by atoms with van der Waals surface area (Å²) in [6.07, 6.45) is 5.74. The van der Waals surface area contributed by atoms with Gasteiger partial charge >= 0.3 is 0 Å². The first-order valence-electron chi connectivity index (χ1n) is 6.14. The number of nitrogens with zero attached hydrogens (tertiary/aromatic N) is 2. The number of nitrogens with one attached hydrogen (secondary N) is 1. The van der Waals surface area contributed by atoms with E-state index >= 15 is 0 Å². The Morgan fingerprint density at radius 2 is 2.39 bits per heavy atom. The van der Waals surface area contributed by atoms with Crippen molar-refractivity contribution in [3.63, 3.8) is 0 Å². The summed E-state index contributed by atoms with van der Waals surface area (Å²) in [6.45, 7) is 4.33. The van der Waals surface area contributed by atoms with Crippen molar-refractivity contribution in [1.29, 1.82) is 0 Å². The van der Waals surface area contributed by atoms with E-state index in [9.17, 15) is 4.79 Å². The minimum Gasteiger partial charge on any atom is -0.332 e. The molecule has 1 N–H and O–H groups in total. The normalized spacial score (nSPS) is 14.7. The van der Waals surface area contributed by atoms with Crippen molar-refractivity contribution in [2.45, 2.75) is 18.9 Å². The Balaban J connectivity index is 1.91. The number of hydrogen-bond acceptors (Lipinski definition) is 2. The number of amides is 1. The number of fused-ring (bicyclic) bond motifs is 1. The zero-order valence-electron chi connectivity index (χ0n) is 10.1. The molecule has 4 heteroatoms. The van der Waals surface area contributed by atoms with Crippen LogP contribution in [0.3, 0.4) is 0 Å². The Morgan fingerprint density at radius 3 is 3.11 bits per heavy atom. The third-order valence-electron chi connectivity index (χ3n) is 3.26. The minimum atomic E-state index is 0.0777. The summed E-state index contributed by atoms with van der Waals surface area (Å²) in [5.41, 5.74) is 1.61. The molecule has 4 nitrogen and oxygen atoms in total. The molecule has 1 heterocycles. The van der Waals surface area contributed by atoms with Crippen LogP contribution in [0.1, 0.15) is 23.2 Å². The summed E-state index contributed by atoms with van der Waals surface area (Å²) in [6, 6.07) is 6.04. The second-order valence-electron chi connectivity index (χ2n) is 4.65. The molecule has 1 amide bonds. The average molecular weight is 241 g/mol. The van der Waals surface area contributed by atoms with Gasteiger partial charge in [0.25, 0.3) is 5.91 Å². The average Bonchev–Trinajstić information content (AvgIpc) is 3.12. The van der Waals surface area contributed by atoms with Crippen LogP contribution in [-0.4, -0.2) is 33.6 Å². The molecule has 0 saturated heterocycles. The van der Waals surface area contributed by atoms with Crippen molar-refractivity contribution in [1.82, 2.24) is 15.1 Å². The van der Waals surface area contributed by atoms with E-state index < -0.39 is 0 Å². The van der Waals surface area contributed by atoms with E-state index in [4.69, 9.17) is 0 Å². The molecule has 0 radical (unpaired) electrons. The van der Waals surface area contributed by atoms with E-state index in [2.05, 4.69) is 16.8 Å². The van der Waals surface area contributed by atoms with Crippen molar-refractivity contribution in [2.75, 3.05) is 6.54 Å². The SMILES string of the molecule is C=CCN(C(=O)c1ccc2cn[nH]c2c1)C1CC1. The van der Waals surface area contributed by atoms with Crippen molar-refractivity contribution >= 4 is 16.8 Å². The molecule has 1 aliphatic carbocycles. The molecule has 0 atom stereocenters. The highest BCUT2D eigenvalue weighted by atomic mass is 16.2. The second kappa shape index (κ2) is 4.29. The second-order valence-corrected chi connectivity index (χ2v) is 4.65. The van der Waals surface area contributed by atoms with Crippen molar-refractivity contribution in [3.05, 3.63) is 42.6 Å². The number of hydrogen-bond donors (Lipinski definition) is 1. The first-order chi connectivity index (χ1) is 8.79. The van der Waals surface area contributed by atoms with Crippen LogP contribution in [0.15, 0.2) is 37.1 Å². The molecule has 1 saturated carbocycles. The van der Waals surface area contributed by atoms with Crippen LogP contribution in [0.25, 0.3) is 10.9 Å². The molecule has 0 unspecified atom stereocenters. The van der Waals surface area contributed by atoms with Gasteiger partial charge in [0.1, 0.15) is 0 Å². The molecule has 18 heavy (non-hydrogen) atoms. The molecule has 0 spiro atoms. The van der Waals surface area contributed by atoms with Gasteiger partial charge in [0.2, 0.25) is 0 Å². The van der Waals surface area contributed by atoms with Gasteiger partial charge in [0.05, 0.1) is 11.7 Å². The fourth-order valence-corrected chi connectivity index (χ4v) is 2.16. The Bertz CT molecular complexity index is 598. The monoisotopic (exact) mass is 241 g/mol. The Kier molecular flexibility index (Phi) is 2.63. The first kappa shape index (κ1) is 11.0. The molecule has 1 aliphatic rings. The highest BCUT2D eigenvalue weighted by Crippen LogP contribution is 2.28. The molecular formula is C14H15N3O. The Hall–Kier alpha value is -2.10. The van der Waals surface area contributed by atoms with E-state index in [-0.39, 0.29) is 5.91 Å². The van der Waals surface area contributed by atoms with E-state index in [0.717, 1.165) is 23.7 Å². The number of H-pyrrole nitrogens is 1. The van der Waals surface area contributed by atoms with Crippen LogP contribution < -0.4 is 0 Å². The molecule has 1 aromatic carbocycles. The van der Waals surface area contributed by atoms with E-state index in [1.807, 2.05) is 23.1 Å². The summed E-state index contributed by atoms with van der Waals surface area (Å²) in [5.74, 6) is 0.0777. The Labute approximate surface area is 105 Å². The minimum absolute atomic E-state index is 0.0777. The summed E-state index contributed by atoms with van der Waals surface area (Å²) >= 11 is 0. The number of carbonyl (C=O) groups is 1. The summed E-state index contributed by atoms with van der Waals surface area (Å²) in [4.78, 5) is 14.3. The van der Waals surface area contributed by atoms with E-state index in [1.54, 1.807) is 12.3 Å². The summed E-state index contributed by atoms with van der Waals surface area (Å²) < 4.78 is 0. The smallest absolute Gasteiger partial charge is 0.254 e. The molecule has 0 bridgehead atoms. The van der Waals surface area contributed by atoms with E-state index in [1.165, 1.54) is 0 Å². The molecule has 3 rings (SSSR count). The summed E-state index contributed by atoms with van der Waals surface area (Å²) in [5, 5.41) is 7.88. The van der Waals surface area contributed by atoms with Gasteiger partial charge in [-0.3, -0.25) is 9.89 Å². The van der Waals surface area contributed by atoms with Crippen LogP contribution in [0.4, 0.5) is 0 Å². The van der Waals surface area contributed by atoms with Crippen LogP contribution in [0, 0.1) is 0 Å². The maximum absolute atomic E-state index is 12.4. The zero-order chi connectivity index (χ0) is 12.5. The maximum atomic E-state index is 12.4. The van der Waals surface area contributed by atoms with Crippen LogP contribution in [-0.2, 0) is 0 Å². The lowest BCUT2D eigenvalue weighted by Gasteiger charge is -2.20. The van der Waals surface area contributed by atoms with Gasteiger partial charge in [-0.15, -0.1) is 6.58 Å². The zero-order valence-corrected chi connectivity index (χ0v) is 10.1. The molecular weight excluding hydrogens is 226 g/mol. The fourth-order valence-electron chi connectivity index (χ4n) is 2.16. The molecule has 1 fully saturated rings.